The average Bonchev–Trinajstić information content (AvgIpc) is 2.58. The lowest BCUT2D eigenvalue weighted by Gasteiger charge is -2.24. The SMILES string of the molecule is CC/C=C\C/C=C\C=C\[C@H](CCCCCCCC(=O)OC)O[Si](C)(C)C. The van der Waals surface area contributed by atoms with Crippen molar-refractivity contribution in [2.75, 3.05) is 7.11 Å². The molecule has 0 aliphatic carbocycles. The number of ether oxygens (including phenoxy) is 1. The molecule has 4 heteroatoms. The summed E-state index contributed by atoms with van der Waals surface area (Å²) >= 11 is 0. The van der Waals surface area contributed by atoms with E-state index in [0.29, 0.717) is 6.42 Å². The minimum Gasteiger partial charge on any atom is -0.469 e. The zero-order valence-electron chi connectivity index (χ0n) is 17.6. The van der Waals surface area contributed by atoms with Crippen LogP contribution >= 0.6 is 0 Å². The van der Waals surface area contributed by atoms with Crippen molar-refractivity contribution in [1.82, 2.24) is 0 Å². The van der Waals surface area contributed by atoms with E-state index in [2.05, 4.69) is 67.8 Å². The summed E-state index contributed by atoms with van der Waals surface area (Å²) in [5.41, 5.74) is 0. The number of esters is 1. The number of hydrogen-bond donors (Lipinski definition) is 0. The van der Waals surface area contributed by atoms with E-state index in [-0.39, 0.29) is 12.1 Å². The molecule has 0 spiro atoms. The molecule has 0 aromatic rings. The lowest BCUT2D eigenvalue weighted by molar-refractivity contribution is -0.140. The van der Waals surface area contributed by atoms with Crippen LogP contribution in [0.5, 0.6) is 0 Å². The lowest BCUT2D eigenvalue weighted by Crippen LogP contribution is -2.31. The minimum absolute atomic E-state index is 0.100. The largest absolute Gasteiger partial charge is 0.469 e. The third-order valence-corrected chi connectivity index (χ3v) is 4.86. The molecule has 0 heterocycles. The van der Waals surface area contributed by atoms with Crippen LogP contribution in [0.1, 0.15) is 64.7 Å². The van der Waals surface area contributed by atoms with Gasteiger partial charge < -0.3 is 9.16 Å². The fraction of sp³-hybridized carbons (Fsp3) is 0.682. The molecule has 0 saturated heterocycles. The quantitative estimate of drug-likeness (QED) is 0.106. The fourth-order valence-electron chi connectivity index (χ4n) is 2.58. The average molecular weight is 381 g/mol. The third-order valence-electron chi connectivity index (χ3n) is 3.85. The van der Waals surface area contributed by atoms with E-state index in [1.165, 1.54) is 26.4 Å². The van der Waals surface area contributed by atoms with Crippen LogP contribution in [-0.2, 0) is 14.0 Å². The summed E-state index contributed by atoms with van der Waals surface area (Å²) in [6.07, 6.45) is 22.5. The van der Waals surface area contributed by atoms with Gasteiger partial charge in [-0.15, -0.1) is 0 Å². The van der Waals surface area contributed by atoms with Crippen LogP contribution in [0.2, 0.25) is 19.6 Å². The molecule has 0 aromatic heterocycles. The predicted molar refractivity (Wildman–Crippen MR) is 115 cm³/mol. The van der Waals surface area contributed by atoms with Gasteiger partial charge in [-0.2, -0.15) is 0 Å². The normalized spacial score (nSPS) is 13.9. The van der Waals surface area contributed by atoms with Crippen molar-refractivity contribution < 1.29 is 14.0 Å². The Kier molecular flexibility index (Phi) is 15.4. The summed E-state index contributed by atoms with van der Waals surface area (Å²) in [6.45, 7) is 8.88. The van der Waals surface area contributed by atoms with Gasteiger partial charge in [0.15, 0.2) is 8.32 Å². The van der Waals surface area contributed by atoms with Gasteiger partial charge in [0.05, 0.1) is 13.2 Å². The van der Waals surface area contributed by atoms with Crippen molar-refractivity contribution in [2.24, 2.45) is 0 Å². The monoisotopic (exact) mass is 380 g/mol. The maximum absolute atomic E-state index is 11.1. The van der Waals surface area contributed by atoms with E-state index >= 15 is 0 Å². The van der Waals surface area contributed by atoms with Crippen molar-refractivity contribution in [3.8, 4) is 0 Å². The Hall–Kier alpha value is -1.13. The van der Waals surface area contributed by atoms with Gasteiger partial charge in [-0.1, -0.05) is 69.1 Å². The zero-order chi connectivity index (χ0) is 19.7. The Labute approximate surface area is 162 Å². The molecule has 0 rings (SSSR count). The Bertz CT molecular complexity index is 433. The summed E-state index contributed by atoms with van der Waals surface area (Å²) in [5.74, 6) is -0.100. The summed E-state index contributed by atoms with van der Waals surface area (Å²) in [7, 11) is -0.0923. The first-order chi connectivity index (χ1) is 12.4. The molecule has 0 aliphatic heterocycles. The van der Waals surface area contributed by atoms with Crippen molar-refractivity contribution in [2.45, 2.75) is 90.5 Å². The molecule has 0 radical (unpaired) electrons. The predicted octanol–water partition coefficient (Wildman–Crippen LogP) is 6.58. The van der Waals surface area contributed by atoms with Crippen molar-refractivity contribution in [3.05, 3.63) is 36.5 Å². The molecular weight excluding hydrogens is 340 g/mol. The molecule has 0 aliphatic rings. The highest BCUT2D eigenvalue weighted by Crippen LogP contribution is 2.16. The summed E-state index contributed by atoms with van der Waals surface area (Å²) in [4.78, 5) is 11.1. The van der Waals surface area contributed by atoms with E-state index in [1.54, 1.807) is 0 Å². The van der Waals surface area contributed by atoms with Gasteiger partial charge in [0.1, 0.15) is 0 Å². The highest BCUT2D eigenvalue weighted by Gasteiger charge is 2.18. The van der Waals surface area contributed by atoms with Gasteiger partial charge in [-0.25, -0.2) is 0 Å². The van der Waals surface area contributed by atoms with Crippen molar-refractivity contribution in [3.63, 3.8) is 0 Å². The molecule has 1 atom stereocenters. The number of carbonyl (C=O) groups is 1. The topological polar surface area (TPSA) is 35.5 Å². The number of carbonyl (C=O) groups excluding carboxylic acids is 1. The van der Waals surface area contributed by atoms with Crippen LogP contribution in [0.15, 0.2) is 36.5 Å². The molecule has 0 amide bonds. The molecule has 0 unspecified atom stereocenters. The summed E-state index contributed by atoms with van der Waals surface area (Å²) in [5, 5.41) is 0. The first-order valence-corrected chi connectivity index (χ1v) is 13.5. The highest BCUT2D eigenvalue weighted by atomic mass is 28.4. The first kappa shape index (κ1) is 24.9. The van der Waals surface area contributed by atoms with Gasteiger partial charge in [0, 0.05) is 6.42 Å². The van der Waals surface area contributed by atoms with E-state index < -0.39 is 8.32 Å². The van der Waals surface area contributed by atoms with E-state index in [4.69, 9.17) is 4.43 Å². The van der Waals surface area contributed by atoms with Crippen LogP contribution < -0.4 is 0 Å². The maximum atomic E-state index is 11.1. The van der Waals surface area contributed by atoms with Crippen LogP contribution in [0.4, 0.5) is 0 Å². The Morgan fingerprint density at radius 1 is 0.962 bits per heavy atom. The minimum atomic E-state index is -1.54. The molecule has 0 fully saturated rings. The molecule has 0 bridgehead atoms. The molecule has 0 aromatic carbocycles. The standard InChI is InChI=1S/C22H40O3Si/c1-6-7-8-9-10-12-15-18-21(25-26(3,4)5)19-16-13-11-14-17-20-22(23)24-2/h7-8,10,12,15,18,21H,6,9,11,13-14,16-17,19-20H2,1-5H3/b8-7-,12-10-,18-15+/t21-/m1/s1. The van der Waals surface area contributed by atoms with Gasteiger partial charge in [0.2, 0.25) is 0 Å². The van der Waals surface area contributed by atoms with Gasteiger partial charge in [-0.3, -0.25) is 4.79 Å². The molecule has 0 saturated carbocycles. The van der Waals surface area contributed by atoms with Crippen LogP contribution in [0.3, 0.4) is 0 Å². The fourth-order valence-corrected chi connectivity index (χ4v) is 3.69. The Morgan fingerprint density at radius 3 is 2.31 bits per heavy atom. The maximum Gasteiger partial charge on any atom is 0.305 e. The second kappa shape index (κ2) is 16.1. The number of unbranched alkanes of at least 4 members (excludes halogenated alkanes) is 4. The lowest BCUT2D eigenvalue weighted by atomic mass is 10.1. The van der Waals surface area contributed by atoms with Crippen molar-refractivity contribution >= 4 is 14.3 Å². The number of allylic oxidation sites excluding steroid dienone is 5. The molecule has 0 N–H and O–H groups in total. The van der Waals surface area contributed by atoms with Gasteiger partial charge >= 0.3 is 5.97 Å². The van der Waals surface area contributed by atoms with Crippen LogP contribution in [-0.4, -0.2) is 27.5 Å². The van der Waals surface area contributed by atoms with Gasteiger partial charge in [-0.05, 0) is 45.3 Å². The molecule has 3 nitrogen and oxygen atoms in total. The van der Waals surface area contributed by atoms with E-state index in [0.717, 1.165) is 32.1 Å². The van der Waals surface area contributed by atoms with E-state index in [9.17, 15) is 4.79 Å². The number of methoxy groups -OCH3 is 1. The van der Waals surface area contributed by atoms with Crippen LogP contribution in [0, 0.1) is 0 Å². The Morgan fingerprint density at radius 2 is 1.65 bits per heavy atom. The second-order valence-corrected chi connectivity index (χ2v) is 12.0. The zero-order valence-corrected chi connectivity index (χ0v) is 18.6. The number of hydrogen-bond acceptors (Lipinski definition) is 3. The molecular formula is C22H40O3Si. The third kappa shape index (κ3) is 17.7. The van der Waals surface area contributed by atoms with Crippen LogP contribution in [0.25, 0.3) is 0 Å². The summed E-state index contributed by atoms with van der Waals surface area (Å²) in [6, 6.07) is 0. The Balaban J connectivity index is 4.11. The molecule has 150 valence electrons. The molecule has 26 heavy (non-hydrogen) atoms. The first-order valence-electron chi connectivity index (χ1n) is 10.1. The smallest absolute Gasteiger partial charge is 0.305 e. The van der Waals surface area contributed by atoms with E-state index in [1.807, 2.05) is 0 Å². The summed E-state index contributed by atoms with van der Waals surface area (Å²) < 4.78 is 11.0. The van der Waals surface area contributed by atoms with Gasteiger partial charge in [0.25, 0.3) is 0 Å². The number of rotatable bonds is 15. The highest BCUT2D eigenvalue weighted by molar-refractivity contribution is 6.69. The second-order valence-electron chi connectivity index (χ2n) is 7.58. The van der Waals surface area contributed by atoms with Crippen molar-refractivity contribution in [1.29, 1.82) is 0 Å².